The van der Waals surface area contributed by atoms with E-state index in [0.29, 0.717) is 76.7 Å². The molecule has 0 bridgehead atoms. The third-order valence-corrected chi connectivity index (χ3v) is 12.1. The number of rotatable bonds is 9. The summed E-state index contributed by atoms with van der Waals surface area (Å²) in [5.41, 5.74) is 2.90. The molecule has 4 aromatic heterocycles. The number of halogens is 4. The van der Waals surface area contributed by atoms with Gasteiger partial charge >= 0.3 is 16.2 Å². The second kappa shape index (κ2) is 21.0. The molecule has 0 radical (unpaired) electrons. The summed E-state index contributed by atoms with van der Waals surface area (Å²) in [5, 5.41) is 10.9. The van der Waals surface area contributed by atoms with Crippen LogP contribution in [0.2, 0.25) is 20.1 Å². The summed E-state index contributed by atoms with van der Waals surface area (Å²) in [4.78, 5) is 48.2. The molecule has 3 N–H and O–H groups in total. The number of nitrogens with zero attached hydrogens (tertiary/aromatic N) is 7. The third kappa shape index (κ3) is 13.2. The standard InChI is InChI=1S/C23H19Cl2N5O4S.C13H8Cl2N4O.C9H17NO2/c1-14-2-5-17(6-3-14)35(31,32)34-30-11-16(12-30)33-22-9-18-21(10-26-22)27-13-28-23(18)29-20-7-4-15(24)8-19(20)25;14-7-1-2-10(9(15)3-7)19-13-8-4-12(20)16-5-11(8)17-6-18-13;1-7-5-10(6-7)8(11)12-9(2,3)4/h2-10,13,16H,11-12H2,1H3,(H,27,28,29);1-6H,(H,16,20)(H,17,18,19);7H,5-6H2,1-4H3. The fourth-order valence-electron chi connectivity index (χ4n) is 6.39. The highest BCUT2D eigenvalue weighted by atomic mass is 35.5. The first-order valence-electron chi connectivity index (χ1n) is 20.6. The number of hydrogen-bond donors (Lipinski definition) is 3. The average molecular weight is 1010 g/mol. The van der Waals surface area contributed by atoms with Crippen molar-refractivity contribution < 1.29 is 27.0 Å². The van der Waals surface area contributed by atoms with Crippen LogP contribution >= 0.6 is 46.4 Å². The van der Waals surface area contributed by atoms with Gasteiger partial charge in [0.25, 0.3) is 0 Å². The molecular formula is C45H44Cl4N10O7S. The first-order chi connectivity index (χ1) is 31.8. The van der Waals surface area contributed by atoms with Crippen LogP contribution in [0.3, 0.4) is 0 Å². The molecule has 0 spiro atoms. The summed E-state index contributed by atoms with van der Waals surface area (Å²) in [7, 11) is -3.89. The van der Waals surface area contributed by atoms with Gasteiger partial charge in [0.15, 0.2) is 0 Å². The topological polar surface area (TPSA) is 207 Å². The molecule has 6 heterocycles. The van der Waals surface area contributed by atoms with E-state index >= 15 is 0 Å². The molecule has 7 aromatic rings. The predicted octanol–water partition coefficient (Wildman–Crippen LogP) is 10.0. The number of ether oxygens (including phenoxy) is 2. The summed E-state index contributed by atoms with van der Waals surface area (Å²) in [5.74, 6) is 2.01. The van der Waals surface area contributed by atoms with Gasteiger partial charge < -0.3 is 30.0 Å². The van der Waals surface area contributed by atoms with Crippen LogP contribution in [0.25, 0.3) is 21.8 Å². The van der Waals surface area contributed by atoms with Crippen LogP contribution in [-0.2, 0) is 19.1 Å². The van der Waals surface area contributed by atoms with Crippen LogP contribution in [0, 0.1) is 12.8 Å². The zero-order chi connectivity index (χ0) is 48.0. The Hall–Kier alpha value is -5.86. The molecule has 67 heavy (non-hydrogen) atoms. The van der Waals surface area contributed by atoms with Gasteiger partial charge in [-0.3, -0.25) is 4.79 Å². The molecule has 2 aliphatic rings. The van der Waals surface area contributed by atoms with Crippen molar-refractivity contribution in [1.29, 1.82) is 0 Å². The van der Waals surface area contributed by atoms with E-state index in [4.69, 9.17) is 60.2 Å². The monoisotopic (exact) mass is 1010 g/mol. The number of benzene rings is 3. The molecule has 17 nitrogen and oxygen atoms in total. The quantitative estimate of drug-likeness (QED) is 0.123. The van der Waals surface area contributed by atoms with Gasteiger partial charge in [0.05, 0.1) is 56.6 Å². The molecule has 0 aliphatic carbocycles. The number of amides is 1. The van der Waals surface area contributed by atoms with Gasteiger partial charge in [-0.25, -0.2) is 29.7 Å². The first-order valence-corrected chi connectivity index (χ1v) is 23.5. The number of carbonyl (C=O) groups excluding carboxylic acids is 1. The summed E-state index contributed by atoms with van der Waals surface area (Å²) < 4.78 is 41.2. The Bertz CT molecular complexity index is 3080. The SMILES string of the molecule is CC1CN(C(=O)OC(C)(C)C)C1.Cc1ccc(S(=O)(=O)ON2CC(Oc3cc4c(Nc5ccc(Cl)cc5Cl)ncnc4cn3)C2)cc1.O=c1cc2c(Nc3ccc(Cl)cc3Cl)ncnc2c[nH]1. The van der Waals surface area contributed by atoms with Gasteiger partial charge in [-0.2, -0.15) is 17.8 Å². The largest absolute Gasteiger partial charge is 0.471 e. The molecular weight excluding hydrogens is 966 g/mol. The summed E-state index contributed by atoms with van der Waals surface area (Å²) >= 11 is 24.2. The summed E-state index contributed by atoms with van der Waals surface area (Å²) in [6.07, 6.45) is 5.48. The number of aryl methyl sites for hydroxylation is 1. The van der Waals surface area contributed by atoms with E-state index in [1.165, 1.54) is 42.1 Å². The Morgan fingerprint density at radius 1 is 0.761 bits per heavy atom. The highest BCUT2D eigenvalue weighted by Crippen LogP contribution is 2.32. The van der Waals surface area contributed by atoms with E-state index in [1.807, 2.05) is 27.7 Å². The zero-order valence-corrected chi connectivity index (χ0v) is 40.5. The number of aromatic amines is 1. The zero-order valence-electron chi connectivity index (χ0n) is 36.6. The minimum absolute atomic E-state index is 0.101. The van der Waals surface area contributed by atoms with E-state index in [2.05, 4.69) is 47.5 Å². The van der Waals surface area contributed by atoms with Crippen molar-refractivity contribution in [3.05, 3.63) is 134 Å². The number of carbonyl (C=O) groups is 1. The summed E-state index contributed by atoms with van der Waals surface area (Å²) in [6.45, 7) is 11.9. The number of hydroxylamine groups is 2. The first kappa shape index (κ1) is 49.1. The van der Waals surface area contributed by atoms with E-state index in [0.717, 1.165) is 18.7 Å². The summed E-state index contributed by atoms with van der Waals surface area (Å²) in [6, 6.07) is 19.8. The van der Waals surface area contributed by atoms with Gasteiger partial charge in [-0.15, -0.1) is 0 Å². The maximum absolute atomic E-state index is 12.4. The minimum atomic E-state index is -3.89. The lowest BCUT2D eigenvalue weighted by atomic mass is 10.0. The number of H-pyrrole nitrogens is 1. The second-order valence-corrected chi connectivity index (χ2v) is 19.7. The Morgan fingerprint density at radius 3 is 1.88 bits per heavy atom. The Balaban J connectivity index is 0.000000174. The lowest BCUT2D eigenvalue weighted by Crippen LogP contribution is -2.54. The molecule has 350 valence electrons. The van der Waals surface area contributed by atoms with Crippen molar-refractivity contribution in [2.24, 2.45) is 5.92 Å². The molecule has 0 unspecified atom stereocenters. The number of aromatic nitrogens is 6. The maximum Gasteiger partial charge on any atom is 0.410 e. The normalized spacial score (nSPS) is 14.2. The van der Waals surface area contributed by atoms with Crippen molar-refractivity contribution in [2.45, 2.75) is 51.2 Å². The van der Waals surface area contributed by atoms with Crippen molar-refractivity contribution in [2.75, 3.05) is 36.8 Å². The average Bonchev–Trinajstić information content (AvgIpc) is 3.24. The molecule has 2 aliphatic heterocycles. The molecule has 3 aromatic carbocycles. The minimum Gasteiger partial charge on any atom is -0.471 e. The Labute approximate surface area is 405 Å². The third-order valence-electron chi connectivity index (χ3n) is 9.74. The van der Waals surface area contributed by atoms with Crippen LogP contribution in [0.15, 0.2) is 108 Å². The van der Waals surface area contributed by atoms with Crippen LogP contribution in [0.1, 0.15) is 33.3 Å². The molecule has 0 saturated carbocycles. The van der Waals surface area contributed by atoms with E-state index in [9.17, 15) is 18.0 Å². The van der Waals surface area contributed by atoms with Crippen molar-refractivity contribution in [1.82, 2.24) is 39.9 Å². The predicted molar refractivity (Wildman–Crippen MR) is 259 cm³/mol. The Morgan fingerprint density at radius 2 is 1.33 bits per heavy atom. The van der Waals surface area contributed by atoms with Gasteiger partial charge in [0.1, 0.15) is 36.0 Å². The van der Waals surface area contributed by atoms with Crippen LogP contribution in [0.4, 0.5) is 27.8 Å². The van der Waals surface area contributed by atoms with Crippen LogP contribution in [-0.4, -0.2) is 92.3 Å². The number of hydrogen-bond acceptors (Lipinski definition) is 15. The second-order valence-electron chi connectivity index (χ2n) is 16.5. The van der Waals surface area contributed by atoms with Gasteiger partial charge in [-0.1, -0.05) is 71.0 Å². The van der Waals surface area contributed by atoms with Crippen LogP contribution < -0.4 is 20.9 Å². The van der Waals surface area contributed by atoms with Gasteiger partial charge in [0, 0.05) is 52.2 Å². The smallest absolute Gasteiger partial charge is 0.410 e. The highest BCUT2D eigenvalue weighted by Gasteiger charge is 2.34. The van der Waals surface area contributed by atoms with Crippen molar-refractivity contribution in [3.8, 4) is 5.88 Å². The molecule has 9 rings (SSSR count). The highest BCUT2D eigenvalue weighted by molar-refractivity contribution is 7.86. The number of fused-ring (bicyclic) bond motifs is 2. The Kier molecular flexibility index (Phi) is 15.4. The molecule has 1 amide bonds. The molecule has 2 fully saturated rings. The van der Waals surface area contributed by atoms with Crippen molar-refractivity contribution >= 4 is 107 Å². The lowest BCUT2D eigenvalue weighted by Gasteiger charge is -2.37. The fraction of sp³-hybridized carbons (Fsp3) is 0.267. The van der Waals surface area contributed by atoms with E-state index < -0.39 is 10.1 Å². The van der Waals surface area contributed by atoms with E-state index in [1.54, 1.807) is 65.7 Å². The fourth-order valence-corrected chi connectivity index (χ4v) is 8.25. The number of pyridine rings is 2. The number of likely N-dealkylation sites (tertiary alicyclic amines) is 1. The lowest BCUT2D eigenvalue weighted by molar-refractivity contribution is -0.155. The van der Waals surface area contributed by atoms with Crippen LogP contribution in [0.5, 0.6) is 5.88 Å². The van der Waals surface area contributed by atoms with Gasteiger partial charge in [-0.05, 0) is 82.1 Å². The number of anilines is 4. The van der Waals surface area contributed by atoms with Gasteiger partial charge in [0.2, 0.25) is 11.4 Å². The molecule has 2 saturated heterocycles. The van der Waals surface area contributed by atoms with E-state index in [-0.39, 0.29) is 41.3 Å². The molecule has 22 heteroatoms. The molecule has 0 atom stereocenters. The maximum atomic E-state index is 12.4. The van der Waals surface area contributed by atoms with Crippen molar-refractivity contribution in [3.63, 3.8) is 0 Å². The number of nitrogens with one attached hydrogen (secondary N) is 3.